The molecule has 0 saturated heterocycles. The first-order valence-corrected chi connectivity index (χ1v) is 7.20. The topological polar surface area (TPSA) is 43.6 Å². The maximum Gasteiger partial charge on any atom is 0.169 e. The third kappa shape index (κ3) is 2.14. The molecule has 2 aromatic heterocycles. The van der Waals surface area contributed by atoms with Gasteiger partial charge in [0.1, 0.15) is 18.2 Å². The van der Waals surface area contributed by atoms with Gasteiger partial charge in [-0.2, -0.15) is 0 Å². The fraction of sp³-hybridized carbons (Fsp3) is 0. The van der Waals surface area contributed by atoms with Gasteiger partial charge in [-0.25, -0.2) is 15.0 Å². The van der Waals surface area contributed by atoms with Gasteiger partial charge < -0.3 is 0 Å². The minimum atomic E-state index is 0.364. The molecule has 2 aromatic carbocycles. The second-order valence-electron chi connectivity index (χ2n) is 4.87. The molecule has 106 valence electrons. The third-order valence-corrected chi connectivity index (χ3v) is 3.80. The number of nitrogens with zero attached hydrogens (tertiary/aromatic N) is 4. The predicted molar refractivity (Wildman–Crippen MR) is 87.1 cm³/mol. The highest BCUT2D eigenvalue weighted by molar-refractivity contribution is 6.33. The van der Waals surface area contributed by atoms with Gasteiger partial charge in [0.2, 0.25) is 0 Å². The first kappa shape index (κ1) is 13.0. The molecule has 22 heavy (non-hydrogen) atoms. The monoisotopic (exact) mass is 306 g/mol. The lowest BCUT2D eigenvalue weighted by molar-refractivity contribution is 1.06. The Labute approximate surface area is 132 Å². The van der Waals surface area contributed by atoms with Crippen LogP contribution in [0.4, 0.5) is 0 Å². The van der Waals surface area contributed by atoms with Gasteiger partial charge in [-0.3, -0.25) is 4.57 Å². The van der Waals surface area contributed by atoms with Crippen molar-refractivity contribution in [3.8, 4) is 16.8 Å². The van der Waals surface area contributed by atoms with Crippen molar-refractivity contribution in [2.24, 2.45) is 0 Å². The molecule has 5 heteroatoms. The van der Waals surface area contributed by atoms with Crippen LogP contribution in [0, 0.1) is 0 Å². The fourth-order valence-electron chi connectivity index (χ4n) is 2.46. The van der Waals surface area contributed by atoms with Crippen molar-refractivity contribution in [1.29, 1.82) is 0 Å². The summed E-state index contributed by atoms with van der Waals surface area (Å²) in [5, 5.41) is 0.364. The van der Waals surface area contributed by atoms with Crippen molar-refractivity contribution in [3.63, 3.8) is 0 Å². The van der Waals surface area contributed by atoms with Crippen LogP contribution < -0.4 is 0 Å². The van der Waals surface area contributed by atoms with Crippen molar-refractivity contribution < 1.29 is 0 Å². The Hall–Kier alpha value is -2.72. The lowest BCUT2D eigenvalue weighted by Gasteiger charge is -2.07. The second kappa shape index (κ2) is 5.24. The van der Waals surface area contributed by atoms with Crippen LogP contribution >= 0.6 is 11.6 Å². The van der Waals surface area contributed by atoms with Crippen LogP contribution in [0.2, 0.25) is 5.15 Å². The van der Waals surface area contributed by atoms with Gasteiger partial charge in [0.25, 0.3) is 0 Å². The summed E-state index contributed by atoms with van der Waals surface area (Å²) in [6.45, 7) is 0. The van der Waals surface area contributed by atoms with E-state index >= 15 is 0 Å². The Kier molecular flexibility index (Phi) is 3.09. The number of aromatic nitrogens is 4. The summed E-state index contributed by atoms with van der Waals surface area (Å²) in [6.07, 6.45) is 3.17. The SMILES string of the molecule is Clc1ncnc2c1ncn2-c1cccc(-c2ccccc2)c1. The molecular weight excluding hydrogens is 296 g/mol. The molecule has 2 heterocycles. The van der Waals surface area contributed by atoms with Gasteiger partial charge in [-0.1, -0.05) is 54.1 Å². The summed E-state index contributed by atoms with van der Waals surface area (Å²) >= 11 is 6.06. The normalized spacial score (nSPS) is 11.0. The van der Waals surface area contributed by atoms with E-state index in [0.717, 1.165) is 11.3 Å². The van der Waals surface area contributed by atoms with Crippen molar-refractivity contribution in [3.05, 3.63) is 72.4 Å². The molecule has 0 atom stereocenters. The summed E-state index contributed by atoms with van der Waals surface area (Å²) in [6, 6.07) is 18.5. The van der Waals surface area contributed by atoms with Crippen molar-refractivity contribution in [2.45, 2.75) is 0 Å². The van der Waals surface area contributed by atoms with E-state index < -0.39 is 0 Å². The zero-order valence-electron chi connectivity index (χ0n) is 11.5. The van der Waals surface area contributed by atoms with Crippen molar-refractivity contribution in [2.75, 3.05) is 0 Å². The molecule has 0 aliphatic carbocycles. The first-order chi connectivity index (χ1) is 10.8. The van der Waals surface area contributed by atoms with Gasteiger partial charge in [0, 0.05) is 5.69 Å². The van der Waals surface area contributed by atoms with Crippen LogP contribution in [-0.4, -0.2) is 19.5 Å². The van der Waals surface area contributed by atoms with Crippen LogP contribution in [0.25, 0.3) is 28.0 Å². The molecule has 4 aromatic rings. The first-order valence-electron chi connectivity index (χ1n) is 6.82. The summed E-state index contributed by atoms with van der Waals surface area (Å²) < 4.78 is 1.91. The summed E-state index contributed by atoms with van der Waals surface area (Å²) in [5.74, 6) is 0. The second-order valence-corrected chi connectivity index (χ2v) is 5.23. The van der Waals surface area contributed by atoms with Gasteiger partial charge >= 0.3 is 0 Å². The molecular formula is C17H11ClN4. The van der Waals surface area contributed by atoms with Crippen LogP contribution in [-0.2, 0) is 0 Å². The standard InChI is InChI=1S/C17H11ClN4/c18-16-15-17(20-10-19-16)22(11-21-15)14-8-4-7-13(9-14)12-5-2-1-3-6-12/h1-11H. The van der Waals surface area contributed by atoms with Crippen LogP contribution in [0.1, 0.15) is 0 Å². The number of halogens is 1. The lowest BCUT2D eigenvalue weighted by atomic mass is 10.1. The smallest absolute Gasteiger partial charge is 0.169 e. The Bertz CT molecular complexity index is 947. The molecule has 4 nitrogen and oxygen atoms in total. The average molecular weight is 307 g/mol. The number of rotatable bonds is 2. The molecule has 0 unspecified atom stereocenters. The molecule has 0 saturated carbocycles. The van der Waals surface area contributed by atoms with Crippen LogP contribution in [0.3, 0.4) is 0 Å². The van der Waals surface area contributed by atoms with Gasteiger partial charge in [0.05, 0.1) is 0 Å². The van der Waals surface area contributed by atoms with Gasteiger partial charge in [-0.15, -0.1) is 0 Å². The summed E-state index contributed by atoms with van der Waals surface area (Å²) in [4.78, 5) is 12.5. The number of imidazole rings is 1. The van der Waals surface area contributed by atoms with E-state index in [2.05, 4.69) is 39.2 Å². The van der Waals surface area contributed by atoms with E-state index in [1.165, 1.54) is 11.9 Å². The molecule has 0 aliphatic rings. The van der Waals surface area contributed by atoms with E-state index in [9.17, 15) is 0 Å². The highest BCUT2D eigenvalue weighted by atomic mass is 35.5. The molecule has 4 rings (SSSR count). The molecule has 0 aliphatic heterocycles. The Morgan fingerprint density at radius 2 is 1.64 bits per heavy atom. The van der Waals surface area contributed by atoms with E-state index in [0.29, 0.717) is 16.3 Å². The highest BCUT2D eigenvalue weighted by Crippen LogP contribution is 2.25. The lowest BCUT2D eigenvalue weighted by Crippen LogP contribution is -1.94. The van der Waals surface area contributed by atoms with Gasteiger partial charge in [0.15, 0.2) is 10.8 Å². The van der Waals surface area contributed by atoms with Gasteiger partial charge in [-0.05, 0) is 23.3 Å². The minimum Gasteiger partial charge on any atom is -0.283 e. The quantitative estimate of drug-likeness (QED) is 0.523. The average Bonchev–Trinajstić information content (AvgIpc) is 3.01. The number of benzene rings is 2. The Morgan fingerprint density at radius 1 is 0.818 bits per heavy atom. The molecule has 0 fully saturated rings. The number of hydrogen-bond donors (Lipinski definition) is 0. The third-order valence-electron chi connectivity index (χ3n) is 3.52. The zero-order valence-corrected chi connectivity index (χ0v) is 12.3. The van der Waals surface area contributed by atoms with E-state index in [1.54, 1.807) is 6.33 Å². The maximum atomic E-state index is 6.06. The zero-order chi connectivity index (χ0) is 14.9. The van der Waals surface area contributed by atoms with Crippen LogP contribution in [0.5, 0.6) is 0 Å². The fourth-order valence-corrected chi connectivity index (χ4v) is 2.64. The maximum absolute atomic E-state index is 6.06. The van der Waals surface area contributed by atoms with Crippen molar-refractivity contribution >= 4 is 22.8 Å². The molecule has 0 amide bonds. The summed E-state index contributed by atoms with van der Waals surface area (Å²) in [7, 11) is 0. The molecule has 0 N–H and O–H groups in total. The number of hydrogen-bond acceptors (Lipinski definition) is 3. The molecule has 0 radical (unpaired) electrons. The summed E-state index contributed by atoms with van der Waals surface area (Å²) in [5.41, 5.74) is 4.60. The minimum absolute atomic E-state index is 0.364. The predicted octanol–water partition coefficient (Wildman–Crippen LogP) is 4.14. The van der Waals surface area contributed by atoms with E-state index in [-0.39, 0.29) is 0 Å². The van der Waals surface area contributed by atoms with Crippen molar-refractivity contribution in [1.82, 2.24) is 19.5 Å². The Morgan fingerprint density at radius 3 is 2.50 bits per heavy atom. The van der Waals surface area contributed by atoms with Crippen LogP contribution in [0.15, 0.2) is 67.3 Å². The van der Waals surface area contributed by atoms with E-state index in [4.69, 9.17) is 11.6 Å². The number of fused-ring (bicyclic) bond motifs is 1. The largest absolute Gasteiger partial charge is 0.283 e. The molecule has 0 spiro atoms. The Balaban J connectivity index is 1.88. The highest BCUT2D eigenvalue weighted by Gasteiger charge is 2.10. The van der Waals surface area contributed by atoms with E-state index in [1.807, 2.05) is 34.9 Å². The molecule has 0 bridgehead atoms.